The number of ether oxygens (including phenoxy) is 1. The largest absolute Gasteiger partial charge is 0.394 e. The number of rotatable bonds is 4. The van der Waals surface area contributed by atoms with Crippen LogP contribution in [0.1, 0.15) is 39.5 Å². The highest BCUT2D eigenvalue weighted by Crippen LogP contribution is 2.28. The number of hydrogen-bond acceptors (Lipinski definition) is 4. The summed E-state index contributed by atoms with van der Waals surface area (Å²) in [5.74, 6) is 0.743. The molecule has 1 aliphatic carbocycles. The summed E-state index contributed by atoms with van der Waals surface area (Å²) >= 11 is 0. The predicted octanol–water partition coefficient (Wildman–Crippen LogP) is 1.24. The van der Waals surface area contributed by atoms with E-state index in [0.29, 0.717) is 6.04 Å². The van der Waals surface area contributed by atoms with Crippen LogP contribution in [0.15, 0.2) is 0 Å². The van der Waals surface area contributed by atoms with E-state index in [1.54, 1.807) is 0 Å². The molecule has 4 nitrogen and oxygen atoms in total. The van der Waals surface area contributed by atoms with Crippen LogP contribution in [0.2, 0.25) is 0 Å². The number of nitrogens with zero attached hydrogens (tertiary/aromatic N) is 1. The maximum atomic E-state index is 9.38. The fourth-order valence-electron chi connectivity index (χ4n) is 3.79. The van der Waals surface area contributed by atoms with Crippen molar-refractivity contribution in [2.45, 2.75) is 57.3 Å². The van der Waals surface area contributed by atoms with E-state index >= 15 is 0 Å². The second kappa shape index (κ2) is 6.53. The van der Waals surface area contributed by atoms with E-state index in [1.807, 2.05) is 0 Å². The third-order valence-corrected chi connectivity index (χ3v) is 4.53. The van der Waals surface area contributed by atoms with Crippen LogP contribution in [-0.4, -0.2) is 61.0 Å². The van der Waals surface area contributed by atoms with Crippen LogP contribution in [0.3, 0.4) is 0 Å². The van der Waals surface area contributed by atoms with Crippen molar-refractivity contribution in [3.8, 4) is 0 Å². The maximum Gasteiger partial charge on any atom is 0.0940 e. The SMILES string of the molecule is CNC1CCCCC1CN1CC(CO)OC(C)(C)C1. The van der Waals surface area contributed by atoms with Gasteiger partial charge in [0.1, 0.15) is 0 Å². The van der Waals surface area contributed by atoms with Gasteiger partial charge in [-0.25, -0.2) is 0 Å². The highest BCUT2D eigenvalue weighted by Gasteiger charge is 2.35. The summed E-state index contributed by atoms with van der Waals surface area (Å²) in [6.07, 6.45) is 5.32. The molecule has 0 bridgehead atoms. The molecule has 0 amide bonds. The van der Waals surface area contributed by atoms with Crippen molar-refractivity contribution in [1.29, 1.82) is 0 Å². The Morgan fingerprint density at radius 1 is 1.32 bits per heavy atom. The van der Waals surface area contributed by atoms with Gasteiger partial charge in [-0.3, -0.25) is 4.90 Å². The van der Waals surface area contributed by atoms with Crippen LogP contribution in [-0.2, 0) is 4.74 Å². The minimum Gasteiger partial charge on any atom is -0.394 e. The molecule has 4 heteroatoms. The quantitative estimate of drug-likeness (QED) is 0.807. The average molecular weight is 270 g/mol. The maximum absolute atomic E-state index is 9.38. The van der Waals surface area contributed by atoms with Crippen molar-refractivity contribution >= 4 is 0 Å². The van der Waals surface area contributed by atoms with Gasteiger partial charge in [0.05, 0.1) is 18.3 Å². The van der Waals surface area contributed by atoms with Crippen LogP contribution in [0.4, 0.5) is 0 Å². The molecule has 3 atom stereocenters. The second-order valence-electron chi connectivity index (χ2n) is 6.82. The normalized spacial score (nSPS) is 36.3. The summed E-state index contributed by atoms with van der Waals surface area (Å²) < 4.78 is 5.89. The van der Waals surface area contributed by atoms with Gasteiger partial charge in [-0.15, -0.1) is 0 Å². The molecular weight excluding hydrogens is 240 g/mol. The number of aliphatic hydroxyl groups is 1. The van der Waals surface area contributed by atoms with Crippen molar-refractivity contribution < 1.29 is 9.84 Å². The number of nitrogens with one attached hydrogen (secondary N) is 1. The molecule has 112 valence electrons. The molecular formula is C15H30N2O2. The van der Waals surface area contributed by atoms with Crippen LogP contribution in [0.5, 0.6) is 0 Å². The predicted molar refractivity (Wildman–Crippen MR) is 77.3 cm³/mol. The van der Waals surface area contributed by atoms with Gasteiger partial charge < -0.3 is 15.2 Å². The highest BCUT2D eigenvalue weighted by molar-refractivity contribution is 4.88. The average Bonchev–Trinajstić information content (AvgIpc) is 2.37. The molecule has 2 aliphatic rings. The van der Waals surface area contributed by atoms with Gasteiger partial charge in [0.15, 0.2) is 0 Å². The number of hydrogen-bond donors (Lipinski definition) is 2. The lowest BCUT2D eigenvalue weighted by Gasteiger charge is -2.44. The molecule has 3 unspecified atom stereocenters. The summed E-state index contributed by atoms with van der Waals surface area (Å²) in [4.78, 5) is 2.49. The third kappa shape index (κ3) is 4.15. The number of aliphatic hydroxyl groups excluding tert-OH is 1. The van der Waals surface area contributed by atoms with Crippen LogP contribution in [0, 0.1) is 5.92 Å². The van der Waals surface area contributed by atoms with Gasteiger partial charge in [0, 0.05) is 25.7 Å². The summed E-state index contributed by atoms with van der Waals surface area (Å²) in [6.45, 7) is 7.34. The van der Waals surface area contributed by atoms with E-state index in [2.05, 4.69) is 31.1 Å². The molecule has 19 heavy (non-hydrogen) atoms. The summed E-state index contributed by atoms with van der Waals surface area (Å²) in [7, 11) is 2.09. The molecule has 0 radical (unpaired) electrons. The molecule has 1 aliphatic heterocycles. The van der Waals surface area contributed by atoms with Gasteiger partial charge in [0.2, 0.25) is 0 Å². The molecule has 0 aromatic rings. The van der Waals surface area contributed by atoms with Crippen molar-refractivity contribution in [2.24, 2.45) is 5.92 Å². The zero-order valence-corrected chi connectivity index (χ0v) is 12.7. The van der Waals surface area contributed by atoms with E-state index in [1.165, 1.54) is 25.7 Å². The Labute approximate surface area is 117 Å². The van der Waals surface area contributed by atoms with Crippen LogP contribution >= 0.6 is 0 Å². The van der Waals surface area contributed by atoms with E-state index < -0.39 is 0 Å². The fraction of sp³-hybridized carbons (Fsp3) is 1.00. The molecule has 1 saturated carbocycles. The smallest absolute Gasteiger partial charge is 0.0940 e. The Balaban J connectivity index is 1.93. The molecule has 2 fully saturated rings. The van der Waals surface area contributed by atoms with Gasteiger partial charge in [-0.05, 0) is 39.7 Å². The molecule has 2 N–H and O–H groups in total. The van der Waals surface area contributed by atoms with E-state index in [4.69, 9.17) is 4.74 Å². The lowest BCUT2D eigenvalue weighted by atomic mass is 9.84. The Morgan fingerprint density at radius 3 is 2.74 bits per heavy atom. The molecule has 1 saturated heterocycles. The summed E-state index contributed by atoms with van der Waals surface area (Å²) in [5.41, 5.74) is -0.143. The van der Waals surface area contributed by atoms with Gasteiger partial charge in [-0.1, -0.05) is 12.8 Å². The zero-order chi connectivity index (χ0) is 13.9. The first-order valence-electron chi connectivity index (χ1n) is 7.72. The standard InChI is InChI=1S/C15H30N2O2/c1-15(2)11-17(9-13(10-18)19-15)8-12-6-4-5-7-14(12)16-3/h12-14,16,18H,4-11H2,1-3H3. The summed E-state index contributed by atoms with van der Waals surface area (Å²) in [6, 6.07) is 0.660. The van der Waals surface area contributed by atoms with E-state index in [-0.39, 0.29) is 18.3 Å². The first kappa shape index (κ1) is 15.2. The minimum absolute atomic E-state index is 0.0274. The highest BCUT2D eigenvalue weighted by atomic mass is 16.5. The molecule has 0 aromatic carbocycles. The zero-order valence-electron chi connectivity index (χ0n) is 12.7. The first-order valence-corrected chi connectivity index (χ1v) is 7.72. The molecule has 1 heterocycles. The molecule has 0 aromatic heterocycles. The Bertz CT molecular complexity index is 283. The Kier molecular flexibility index (Phi) is 5.23. The number of morpholine rings is 1. The van der Waals surface area contributed by atoms with Crippen molar-refractivity contribution in [1.82, 2.24) is 10.2 Å². The Hall–Kier alpha value is -0.160. The van der Waals surface area contributed by atoms with Crippen molar-refractivity contribution in [2.75, 3.05) is 33.3 Å². The Morgan fingerprint density at radius 2 is 2.05 bits per heavy atom. The van der Waals surface area contributed by atoms with Gasteiger partial charge in [0.25, 0.3) is 0 Å². The van der Waals surface area contributed by atoms with Gasteiger partial charge >= 0.3 is 0 Å². The lowest BCUT2D eigenvalue weighted by Crippen LogP contribution is -2.56. The molecule has 2 rings (SSSR count). The van der Waals surface area contributed by atoms with E-state index in [0.717, 1.165) is 25.6 Å². The monoisotopic (exact) mass is 270 g/mol. The minimum atomic E-state index is -0.143. The third-order valence-electron chi connectivity index (χ3n) is 4.53. The van der Waals surface area contributed by atoms with Crippen LogP contribution in [0.25, 0.3) is 0 Å². The van der Waals surface area contributed by atoms with Crippen LogP contribution < -0.4 is 5.32 Å². The fourth-order valence-corrected chi connectivity index (χ4v) is 3.79. The van der Waals surface area contributed by atoms with Gasteiger partial charge in [-0.2, -0.15) is 0 Å². The van der Waals surface area contributed by atoms with E-state index in [9.17, 15) is 5.11 Å². The topological polar surface area (TPSA) is 44.7 Å². The van der Waals surface area contributed by atoms with Crippen molar-refractivity contribution in [3.63, 3.8) is 0 Å². The lowest BCUT2D eigenvalue weighted by molar-refractivity contribution is -0.151. The van der Waals surface area contributed by atoms with Crippen molar-refractivity contribution in [3.05, 3.63) is 0 Å². The first-order chi connectivity index (χ1) is 9.04. The summed E-state index contributed by atoms with van der Waals surface area (Å²) in [5, 5.41) is 12.9. The second-order valence-corrected chi connectivity index (χ2v) is 6.82. The molecule has 0 spiro atoms.